The van der Waals surface area contributed by atoms with Gasteiger partial charge in [0.05, 0.1) is 0 Å². The monoisotopic (exact) mass is 342 g/mol. The third kappa shape index (κ3) is 3.66. The Balaban J connectivity index is 2.01. The van der Waals surface area contributed by atoms with E-state index in [0.29, 0.717) is 11.3 Å². The minimum absolute atomic E-state index is 0.0478. The van der Waals surface area contributed by atoms with Gasteiger partial charge in [-0.1, -0.05) is 28.8 Å². The Morgan fingerprint density at radius 2 is 2.11 bits per heavy atom. The standard InChI is InChI=1S/C14H19BrN2OS/c1-19-14(4-2-3-5-14)9-17-13(18)10-6-11(15)8-12(16)7-10/h6-8H,2-5,9,16H2,1H3,(H,17,18). The molecular formula is C14H19BrN2OS. The maximum Gasteiger partial charge on any atom is 0.251 e. The van der Waals surface area contributed by atoms with Crippen molar-refractivity contribution in [3.63, 3.8) is 0 Å². The Labute approximate surface area is 126 Å². The molecule has 0 aromatic heterocycles. The number of amides is 1. The Morgan fingerprint density at radius 1 is 1.42 bits per heavy atom. The molecule has 1 aromatic carbocycles. The van der Waals surface area contributed by atoms with Gasteiger partial charge in [0.25, 0.3) is 5.91 Å². The molecule has 0 unspecified atom stereocenters. The molecule has 0 atom stereocenters. The molecule has 0 heterocycles. The number of benzene rings is 1. The average molecular weight is 343 g/mol. The summed E-state index contributed by atoms with van der Waals surface area (Å²) in [6.07, 6.45) is 7.04. The van der Waals surface area contributed by atoms with Gasteiger partial charge in [0.2, 0.25) is 0 Å². The van der Waals surface area contributed by atoms with Crippen LogP contribution in [0.4, 0.5) is 5.69 Å². The average Bonchev–Trinajstić information content (AvgIpc) is 2.84. The Hall–Kier alpha value is -0.680. The summed E-state index contributed by atoms with van der Waals surface area (Å²) in [5.74, 6) is -0.0478. The fourth-order valence-corrected chi connectivity index (χ4v) is 3.98. The SMILES string of the molecule is CSC1(CNC(=O)c2cc(N)cc(Br)c2)CCCC1. The number of hydrogen-bond acceptors (Lipinski definition) is 3. The van der Waals surface area contributed by atoms with E-state index in [9.17, 15) is 4.79 Å². The summed E-state index contributed by atoms with van der Waals surface area (Å²) >= 11 is 5.23. The van der Waals surface area contributed by atoms with Crippen LogP contribution in [0.3, 0.4) is 0 Å². The molecule has 3 nitrogen and oxygen atoms in total. The number of hydrogen-bond donors (Lipinski definition) is 2. The number of nitrogen functional groups attached to an aromatic ring is 1. The Kier molecular flexibility index (Phi) is 4.79. The molecule has 2 rings (SSSR count). The van der Waals surface area contributed by atoms with Crippen LogP contribution in [0.1, 0.15) is 36.0 Å². The summed E-state index contributed by atoms with van der Waals surface area (Å²) in [5, 5.41) is 3.05. The van der Waals surface area contributed by atoms with Crippen LogP contribution in [0.5, 0.6) is 0 Å². The highest BCUT2D eigenvalue weighted by Gasteiger charge is 2.33. The highest BCUT2D eigenvalue weighted by molar-refractivity contribution is 9.10. The maximum absolute atomic E-state index is 12.2. The van der Waals surface area contributed by atoms with Gasteiger partial charge < -0.3 is 11.1 Å². The number of rotatable bonds is 4. The lowest BCUT2D eigenvalue weighted by Gasteiger charge is -2.26. The molecule has 1 aromatic rings. The van der Waals surface area contributed by atoms with E-state index < -0.39 is 0 Å². The van der Waals surface area contributed by atoms with Gasteiger partial charge in [0, 0.05) is 27.0 Å². The molecule has 1 aliphatic carbocycles. The molecule has 5 heteroatoms. The number of nitrogens with one attached hydrogen (secondary N) is 1. The molecule has 1 amide bonds. The molecule has 1 fully saturated rings. The first-order valence-electron chi connectivity index (χ1n) is 6.44. The van der Waals surface area contributed by atoms with Gasteiger partial charge in [-0.15, -0.1) is 0 Å². The number of anilines is 1. The molecule has 104 valence electrons. The normalized spacial score (nSPS) is 17.4. The second-order valence-electron chi connectivity index (χ2n) is 5.05. The van der Waals surface area contributed by atoms with Crippen LogP contribution in [-0.4, -0.2) is 23.5 Å². The zero-order valence-corrected chi connectivity index (χ0v) is 13.4. The van der Waals surface area contributed by atoms with Crippen molar-refractivity contribution in [3.05, 3.63) is 28.2 Å². The van der Waals surface area contributed by atoms with Gasteiger partial charge in [0.15, 0.2) is 0 Å². The van der Waals surface area contributed by atoms with E-state index in [1.807, 2.05) is 11.8 Å². The molecule has 0 aliphatic heterocycles. The lowest BCUT2D eigenvalue weighted by Crippen LogP contribution is -2.38. The third-order valence-corrected chi connectivity index (χ3v) is 5.58. The van der Waals surface area contributed by atoms with Crippen molar-refractivity contribution in [3.8, 4) is 0 Å². The number of thioether (sulfide) groups is 1. The largest absolute Gasteiger partial charge is 0.399 e. The highest BCUT2D eigenvalue weighted by atomic mass is 79.9. The summed E-state index contributed by atoms with van der Waals surface area (Å²) < 4.78 is 1.06. The number of carbonyl (C=O) groups is 1. The molecular weight excluding hydrogens is 324 g/mol. The minimum atomic E-state index is -0.0478. The summed E-state index contributed by atoms with van der Waals surface area (Å²) in [5.41, 5.74) is 6.96. The smallest absolute Gasteiger partial charge is 0.251 e. The van der Waals surface area contributed by atoms with Crippen LogP contribution < -0.4 is 11.1 Å². The minimum Gasteiger partial charge on any atom is -0.399 e. The zero-order valence-electron chi connectivity index (χ0n) is 11.0. The van der Waals surface area contributed by atoms with Crippen LogP contribution in [-0.2, 0) is 0 Å². The van der Waals surface area contributed by atoms with Gasteiger partial charge in [-0.2, -0.15) is 11.8 Å². The Morgan fingerprint density at radius 3 is 2.68 bits per heavy atom. The molecule has 1 saturated carbocycles. The van der Waals surface area contributed by atoms with E-state index in [0.717, 1.165) is 11.0 Å². The first kappa shape index (κ1) is 14.7. The number of carbonyl (C=O) groups excluding carboxylic acids is 1. The van der Waals surface area contributed by atoms with Crippen LogP contribution in [0, 0.1) is 0 Å². The molecule has 19 heavy (non-hydrogen) atoms. The third-order valence-electron chi connectivity index (χ3n) is 3.70. The predicted molar refractivity (Wildman–Crippen MR) is 85.6 cm³/mol. The van der Waals surface area contributed by atoms with E-state index >= 15 is 0 Å². The van der Waals surface area contributed by atoms with E-state index in [2.05, 4.69) is 27.5 Å². The molecule has 1 aliphatic rings. The summed E-state index contributed by atoms with van der Waals surface area (Å²) in [6, 6.07) is 5.30. The lowest BCUT2D eigenvalue weighted by atomic mass is 10.1. The van der Waals surface area contributed by atoms with Gasteiger partial charge in [-0.25, -0.2) is 0 Å². The molecule has 0 radical (unpaired) electrons. The molecule has 0 spiro atoms. The second-order valence-corrected chi connectivity index (χ2v) is 7.24. The molecule has 0 bridgehead atoms. The van der Waals surface area contributed by atoms with Crippen molar-refractivity contribution in [2.24, 2.45) is 0 Å². The summed E-state index contributed by atoms with van der Waals surface area (Å²) in [4.78, 5) is 12.2. The van der Waals surface area contributed by atoms with Crippen molar-refractivity contribution in [2.75, 3.05) is 18.5 Å². The van der Waals surface area contributed by atoms with E-state index in [4.69, 9.17) is 5.73 Å². The van der Waals surface area contributed by atoms with Crippen molar-refractivity contribution in [2.45, 2.75) is 30.4 Å². The number of halogens is 1. The second kappa shape index (κ2) is 6.18. The topological polar surface area (TPSA) is 55.1 Å². The lowest BCUT2D eigenvalue weighted by molar-refractivity contribution is 0.0949. The Bertz CT molecular complexity index is 452. The van der Waals surface area contributed by atoms with Crippen LogP contribution in [0.2, 0.25) is 0 Å². The summed E-state index contributed by atoms with van der Waals surface area (Å²) in [6.45, 7) is 0.736. The number of nitrogens with two attached hydrogens (primary N) is 1. The van der Waals surface area contributed by atoms with Crippen LogP contribution in [0.25, 0.3) is 0 Å². The first-order chi connectivity index (χ1) is 9.04. The molecule has 0 saturated heterocycles. The van der Waals surface area contributed by atoms with Crippen LogP contribution in [0.15, 0.2) is 22.7 Å². The fourth-order valence-electron chi connectivity index (χ4n) is 2.56. The van der Waals surface area contributed by atoms with Crippen molar-refractivity contribution in [1.82, 2.24) is 5.32 Å². The first-order valence-corrected chi connectivity index (χ1v) is 8.46. The van der Waals surface area contributed by atoms with Gasteiger partial charge in [0.1, 0.15) is 0 Å². The molecule has 3 N–H and O–H groups in total. The van der Waals surface area contributed by atoms with E-state index in [1.165, 1.54) is 25.7 Å². The van der Waals surface area contributed by atoms with Crippen LogP contribution >= 0.6 is 27.7 Å². The maximum atomic E-state index is 12.2. The zero-order chi connectivity index (χ0) is 13.9. The van der Waals surface area contributed by atoms with E-state index in [-0.39, 0.29) is 10.7 Å². The summed E-state index contributed by atoms with van der Waals surface area (Å²) in [7, 11) is 0. The van der Waals surface area contributed by atoms with Crippen molar-refractivity contribution in [1.29, 1.82) is 0 Å². The van der Waals surface area contributed by atoms with Gasteiger partial charge in [-0.05, 0) is 37.3 Å². The predicted octanol–water partition coefficient (Wildman–Crippen LogP) is 3.44. The van der Waals surface area contributed by atoms with Gasteiger partial charge >= 0.3 is 0 Å². The van der Waals surface area contributed by atoms with Crippen molar-refractivity contribution >= 4 is 39.3 Å². The van der Waals surface area contributed by atoms with E-state index in [1.54, 1.807) is 18.2 Å². The van der Waals surface area contributed by atoms with Crippen molar-refractivity contribution < 1.29 is 4.79 Å². The quantitative estimate of drug-likeness (QED) is 0.824. The van der Waals surface area contributed by atoms with Gasteiger partial charge in [-0.3, -0.25) is 4.79 Å². The fraction of sp³-hybridized carbons (Fsp3) is 0.500. The highest BCUT2D eigenvalue weighted by Crippen LogP contribution is 2.39.